The maximum Gasteiger partial charge on any atom is 0.317 e. The fraction of sp³-hybridized carbons (Fsp3) is 0.600. The van der Waals surface area contributed by atoms with Gasteiger partial charge in [0.1, 0.15) is 12.7 Å². The van der Waals surface area contributed by atoms with Crippen molar-refractivity contribution in [1.29, 1.82) is 0 Å². The highest BCUT2D eigenvalue weighted by molar-refractivity contribution is 7.11. The summed E-state index contributed by atoms with van der Waals surface area (Å²) in [7, 11) is 0. The van der Waals surface area contributed by atoms with E-state index in [1.54, 1.807) is 17.7 Å². The summed E-state index contributed by atoms with van der Waals surface area (Å²) in [4.78, 5) is 23.8. The number of nitrogens with one attached hydrogen (secondary N) is 1. The lowest BCUT2D eigenvalue weighted by atomic mass is 10.1. The van der Waals surface area contributed by atoms with Gasteiger partial charge in [-0.05, 0) is 19.3 Å². The molecule has 0 aliphatic carbocycles. The van der Waals surface area contributed by atoms with E-state index in [0.717, 1.165) is 37.2 Å². The normalized spacial score (nSPS) is 18.1. The lowest BCUT2D eigenvalue weighted by Crippen LogP contribution is -2.46. The van der Waals surface area contributed by atoms with Crippen LogP contribution in [-0.4, -0.2) is 50.3 Å². The molecule has 1 saturated heterocycles. The molecular weight excluding hydrogens is 312 g/mol. The number of amides is 2. The highest BCUT2D eigenvalue weighted by Gasteiger charge is 2.24. The van der Waals surface area contributed by atoms with Gasteiger partial charge in [-0.3, -0.25) is 0 Å². The van der Waals surface area contributed by atoms with Gasteiger partial charge in [0.2, 0.25) is 0 Å². The third-order valence-electron chi connectivity index (χ3n) is 4.06. The molecule has 0 spiro atoms. The van der Waals surface area contributed by atoms with Crippen molar-refractivity contribution in [3.63, 3.8) is 0 Å². The molecule has 3 heterocycles. The predicted molar refractivity (Wildman–Crippen MR) is 88.5 cm³/mol. The van der Waals surface area contributed by atoms with Crippen LogP contribution in [0.3, 0.4) is 0 Å². The van der Waals surface area contributed by atoms with Crippen molar-refractivity contribution in [3.8, 4) is 0 Å². The van der Waals surface area contributed by atoms with Gasteiger partial charge in [-0.1, -0.05) is 6.92 Å². The molecule has 8 heteroatoms. The Balaban J connectivity index is 1.46. The number of piperidine rings is 1. The largest absolute Gasteiger partial charge is 0.338 e. The van der Waals surface area contributed by atoms with E-state index < -0.39 is 0 Å². The Morgan fingerprint density at radius 3 is 3.17 bits per heavy atom. The van der Waals surface area contributed by atoms with Crippen LogP contribution in [-0.2, 0) is 12.8 Å². The van der Waals surface area contributed by atoms with E-state index in [0.29, 0.717) is 13.1 Å². The van der Waals surface area contributed by atoms with Crippen LogP contribution in [0.25, 0.3) is 0 Å². The molecule has 0 bridgehead atoms. The Kier molecular flexibility index (Phi) is 5.22. The van der Waals surface area contributed by atoms with E-state index in [2.05, 4.69) is 27.3 Å². The fourth-order valence-electron chi connectivity index (χ4n) is 2.78. The van der Waals surface area contributed by atoms with Crippen LogP contribution in [0, 0.1) is 0 Å². The molecule has 0 radical (unpaired) electrons. The van der Waals surface area contributed by atoms with Gasteiger partial charge in [-0.2, -0.15) is 5.10 Å². The van der Waals surface area contributed by atoms with E-state index in [-0.39, 0.29) is 12.1 Å². The minimum Gasteiger partial charge on any atom is -0.338 e. The lowest BCUT2D eigenvalue weighted by Gasteiger charge is -2.32. The maximum absolute atomic E-state index is 12.3. The van der Waals surface area contributed by atoms with E-state index in [1.807, 2.05) is 15.8 Å². The molecule has 1 aliphatic heterocycles. The number of hydrogen-bond donors (Lipinski definition) is 1. The van der Waals surface area contributed by atoms with Gasteiger partial charge in [0, 0.05) is 37.1 Å². The molecule has 1 fully saturated rings. The molecule has 124 valence electrons. The van der Waals surface area contributed by atoms with E-state index in [4.69, 9.17) is 0 Å². The van der Waals surface area contributed by atoms with Gasteiger partial charge < -0.3 is 10.2 Å². The molecule has 2 aromatic rings. The molecule has 3 rings (SSSR count). The highest BCUT2D eigenvalue weighted by atomic mass is 32.1. The van der Waals surface area contributed by atoms with Gasteiger partial charge in [-0.15, -0.1) is 11.3 Å². The number of carbonyl (C=O) groups is 1. The summed E-state index contributed by atoms with van der Waals surface area (Å²) in [5.74, 6) is 0. The molecule has 23 heavy (non-hydrogen) atoms. The van der Waals surface area contributed by atoms with Crippen LogP contribution < -0.4 is 5.32 Å². The van der Waals surface area contributed by atoms with Gasteiger partial charge in [0.05, 0.1) is 11.0 Å². The second kappa shape index (κ2) is 7.54. The van der Waals surface area contributed by atoms with E-state index in [1.165, 1.54) is 11.2 Å². The predicted octanol–water partition coefficient (Wildman–Crippen LogP) is 1.89. The summed E-state index contributed by atoms with van der Waals surface area (Å²) in [6, 6.07) is 0.227. The van der Waals surface area contributed by atoms with Crippen LogP contribution in [0.4, 0.5) is 4.79 Å². The summed E-state index contributed by atoms with van der Waals surface area (Å²) in [6.45, 7) is 4.24. The van der Waals surface area contributed by atoms with Gasteiger partial charge >= 0.3 is 6.03 Å². The Morgan fingerprint density at radius 2 is 2.43 bits per heavy atom. The number of carbonyl (C=O) groups excluding carboxylic acids is 1. The summed E-state index contributed by atoms with van der Waals surface area (Å²) < 4.78 is 1.85. The molecule has 0 saturated carbocycles. The zero-order valence-electron chi connectivity index (χ0n) is 13.3. The summed E-state index contributed by atoms with van der Waals surface area (Å²) in [6.07, 6.45) is 9.02. The Bertz CT molecular complexity index is 626. The average Bonchev–Trinajstić information content (AvgIpc) is 3.26. The monoisotopic (exact) mass is 334 g/mol. The van der Waals surface area contributed by atoms with Crippen molar-refractivity contribution in [2.75, 3.05) is 19.6 Å². The summed E-state index contributed by atoms with van der Waals surface area (Å²) >= 11 is 1.72. The second-order valence-electron chi connectivity index (χ2n) is 5.67. The number of hydrogen-bond acceptors (Lipinski definition) is 5. The number of likely N-dealkylation sites (tertiary alicyclic amines) is 1. The van der Waals surface area contributed by atoms with Crippen LogP contribution in [0.2, 0.25) is 0 Å². The molecule has 1 atom stereocenters. The average molecular weight is 334 g/mol. The SMILES string of the molecule is CCc1cnc(CCNC(=O)N2CCCC(n3cncn3)C2)s1. The summed E-state index contributed by atoms with van der Waals surface area (Å²) in [5.41, 5.74) is 0. The number of aromatic nitrogens is 4. The lowest BCUT2D eigenvalue weighted by molar-refractivity contribution is 0.163. The van der Waals surface area contributed by atoms with Gasteiger partial charge in [0.15, 0.2) is 0 Å². The number of thiazole rings is 1. The smallest absolute Gasteiger partial charge is 0.317 e. The number of aryl methyl sites for hydroxylation is 1. The molecule has 1 unspecified atom stereocenters. The van der Waals surface area contributed by atoms with Crippen LogP contribution >= 0.6 is 11.3 Å². The Hall–Kier alpha value is -1.96. The quantitative estimate of drug-likeness (QED) is 0.906. The first kappa shape index (κ1) is 15.9. The van der Waals surface area contributed by atoms with Crippen molar-refractivity contribution in [2.24, 2.45) is 0 Å². The molecule has 7 nitrogen and oxygen atoms in total. The van der Waals surface area contributed by atoms with Crippen molar-refractivity contribution in [3.05, 3.63) is 28.7 Å². The third kappa shape index (κ3) is 4.07. The molecule has 2 amide bonds. The highest BCUT2D eigenvalue weighted by Crippen LogP contribution is 2.20. The fourth-order valence-corrected chi connectivity index (χ4v) is 3.64. The molecular formula is C15H22N6OS. The van der Waals surface area contributed by atoms with Crippen molar-refractivity contribution >= 4 is 17.4 Å². The zero-order chi connectivity index (χ0) is 16.1. The minimum atomic E-state index is 0.00193. The van der Waals surface area contributed by atoms with Crippen LogP contribution in [0.1, 0.15) is 35.7 Å². The maximum atomic E-state index is 12.3. The first-order chi connectivity index (χ1) is 11.3. The Labute approximate surface area is 139 Å². The van der Waals surface area contributed by atoms with Gasteiger partial charge in [-0.25, -0.2) is 19.4 Å². The first-order valence-electron chi connectivity index (χ1n) is 8.06. The Morgan fingerprint density at radius 1 is 1.52 bits per heavy atom. The second-order valence-corrected chi connectivity index (χ2v) is 6.87. The zero-order valence-corrected chi connectivity index (χ0v) is 14.1. The number of rotatable bonds is 5. The number of nitrogens with zero attached hydrogens (tertiary/aromatic N) is 5. The first-order valence-corrected chi connectivity index (χ1v) is 8.88. The number of urea groups is 1. The summed E-state index contributed by atoms with van der Waals surface area (Å²) in [5, 5.41) is 8.27. The van der Waals surface area contributed by atoms with Crippen molar-refractivity contribution in [2.45, 2.75) is 38.6 Å². The van der Waals surface area contributed by atoms with E-state index >= 15 is 0 Å². The van der Waals surface area contributed by atoms with Crippen molar-refractivity contribution in [1.82, 2.24) is 30.0 Å². The molecule has 1 N–H and O–H groups in total. The van der Waals surface area contributed by atoms with E-state index in [9.17, 15) is 4.79 Å². The van der Waals surface area contributed by atoms with Crippen molar-refractivity contribution < 1.29 is 4.79 Å². The third-order valence-corrected chi connectivity index (χ3v) is 5.26. The topological polar surface area (TPSA) is 75.9 Å². The van der Waals surface area contributed by atoms with Gasteiger partial charge in [0.25, 0.3) is 0 Å². The molecule has 2 aromatic heterocycles. The molecule has 1 aliphatic rings. The molecule has 0 aromatic carbocycles. The van der Waals surface area contributed by atoms with Crippen LogP contribution in [0.15, 0.2) is 18.9 Å². The van der Waals surface area contributed by atoms with Crippen LogP contribution in [0.5, 0.6) is 0 Å². The standard InChI is InChI=1S/C15H22N6OS/c1-2-13-8-18-14(23-13)5-6-17-15(22)20-7-3-4-12(9-20)21-11-16-10-19-21/h8,10-12H,2-7,9H2,1H3,(H,17,22). The minimum absolute atomic E-state index is 0.00193.